The minimum Gasteiger partial charge on any atom is -0.344 e. The summed E-state index contributed by atoms with van der Waals surface area (Å²) in [4.78, 5) is 23.5. The van der Waals surface area contributed by atoms with E-state index >= 15 is 0 Å². The normalized spacial score (nSPS) is 13.9. The third kappa shape index (κ3) is 6.74. The molecule has 4 aromatic rings. The lowest BCUT2D eigenvalue weighted by Crippen LogP contribution is -2.11. The number of pyridine rings is 2. The summed E-state index contributed by atoms with van der Waals surface area (Å²) in [5.41, 5.74) is 6.29. The summed E-state index contributed by atoms with van der Waals surface area (Å²) in [5.74, 6) is 5.58. The van der Waals surface area contributed by atoms with Gasteiger partial charge < -0.3 is 12.3 Å². The Bertz CT molecular complexity index is 1370. The van der Waals surface area contributed by atoms with E-state index in [1.54, 1.807) is 12.4 Å². The Morgan fingerprint density at radius 1 is 0.730 bits per heavy atom. The van der Waals surface area contributed by atoms with Crippen molar-refractivity contribution in [2.24, 2.45) is 5.84 Å². The number of aromatic nitrogens is 6. The maximum absolute atomic E-state index is 13.7. The van der Waals surface area contributed by atoms with Crippen LogP contribution in [0.2, 0.25) is 5.28 Å². The molecule has 10 nitrogen and oxygen atoms in total. The molecule has 6 rings (SSSR count). The average molecular weight is 529 g/mol. The molecule has 4 heterocycles. The first-order valence-corrected chi connectivity index (χ1v) is 11.5. The minimum absolute atomic E-state index is 0. The van der Waals surface area contributed by atoms with Crippen molar-refractivity contribution < 1.29 is 8.78 Å². The Hall–Kier alpha value is -3.71. The van der Waals surface area contributed by atoms with Gasteiger partial charge in [0, 0.05) is 35.9 Å². The largest absolute Gasteiger partial charge is 0.344 e. The van der Waals surface area contributed by atoms with Crippen LogP contribution in [-0.4, -0.2) is 29.9 Å². The van der Waals surface area contributed by atoms with E-state index in [9.17, 15) is 8.78 Å². The Morgan fingerprint density at radius 2 is 1.22 bits per heavy atom. The molecule has 194 valence electrons. The molecule has 0 aromatic carbocycles. The van der Waals surface area contributed by atoms with E-state index in [2.05, 4.69) is 35.3 Å². The molecule has 0 radical (unpaired) electrons. The predicted molar refractivity (Wildman–Crippen MR) is 137 cm³/mol. The predicted octanol–water partition coefficient (Wildman–Crippen LogP) is 5.37. The summed E-state index contributed by atoms with van der Waals surface area (Å²) in [5, 5.41) is 0.0400. The number of nitrogens with zero attached hydrogens (tertiary/aromatic N) is 6. The van der Waals surface area contributed by atoms with Crippen molar-refractivity contribution in [2.75, 3.05) is 5.43 Å². The number of anilines is 1. The highest BCUT2D eigenvalue weighted by molar-refractivity contribution is 6.28. The first kappa shape index (κ1) is 27.9. The molecular formula is C24H27ClF2N10. The summed E-state index contributed by atoms with van der Waals surface area (Å²) in [6.45, 7) is 0. The monoisotopic (exact) mass is 528 g/mol. The maximum atomic E-state index is 13.7. The van der Waals surface area contributed by atoms with Crippen molar-refractivity contribution >= 4 is 17.5 Å². The van der Waals surface area contributed by atoms with E-state index in [1.165, 1.54) is 25.7 Å². The molecule has 9 N–H and O–H groups in total. The van der Waals surface area contributed by atoms with Gasteiger partial charge in [-0.25, -0.2) is 34.6 Å². The maximum Gasteiger partial charge on any atom is 0.237 e. The van der Waals surface area contributed by atoms with E-state index < -0.39 is 11.6 Å². The van der Waals surface area contributed by atoms with Gasteiger partial charge in [0.25, 0.3) is 0 Å². The Balaban J connectivity index is 0.000000195. The van der Waals surface area contributed by atoms with Crippen molar-refractivity contribution in [3.8, 4) is 22.5 Å². The van der Waals surface area contributed by atoms with E-state index in [0.717, 1.165) is 23.5 Å². The fourth-order valence-electron chi connectivity index (χ4n) is 3.64. The van der Waals surface area contributed by atoms with Crippen LogP contribution in [0.4, 0.5) is 14.7 Å². The number of hydrogen-bond donors (Lipinski definition) is 4. The van der Waals surface area contributed by atoms with Crippen LogP contribution >= 0.6 is 11.6 Å². The van der Waals surface area contributed by atoms with Gasteiger partial charge in [0.2, 0.25) is 11.2 Å². The highest BCUT2D eigenvalue weighted by Crippen LogP contribution is 2.41. The number of nitrogen functional groups attached to an aromatic ring is 1. The van der Waals surface area contributed by atoms with Crippen LogP contribution in [0.15, 0.2) is 49.3 Å². The quantitative estimate of drug-likeness (QED) is 0.149. The van der Waals surface area contributed by atoms with Gasteiger partial charge in [0.05, 0.1) is 12.4 Å². The Labute approximate surface area is 217 Å². The molecule has 0 spiro atoms. The zero-order chi connectivity index (χ0) is 24.4. The third-order valence-electron chi connectivity index (χ3n) is 5.75. The zero-order valence-electron chi connectivity index (χ0n) is 19.9. The van der Waals surface area contributed by atoms with Crippen molar-refractivity contribution in [2.45, 2.75) is 37.5 Å². The molecule has 2 aliphatic rings. The molecule has 4 aromatic heterocycles. The summed E-state index contributed by atoms with van der Waals surface area (Å²) in [7, 11) is 0. The number of rotatable bonds is 5. The lowest BCUT2D eigenvalue weighted by Gasteiger charge is -2.06. The molecule has 0 bridgehead atoms. The highest BCUT2D eigenvalue weighted by atomic mass is 35.5. The van der Waals surface area contributed by atoms with Gasteiger partial charge in [-0.05, 0) is 72.4 Å². The van der Waals surface area contributed by atoms with Crippen molar-refractivity contribution in [1.29, 1.82) is 0 Å². The molecule has 2 aliphatic carbocycles. The Kier molecular flexibility index (Phi) is 9.05. The molecule has 37 heavy (non-hydrogen) atoms. The van der Waals surface area contributed by atoms with Crippen LogP contribution in [0, 0.1) is 11.6 Å². The first-order valence-electron chi connectivity index (χ1n) is 11.1. The molecular weight excluding hydrogens is 502 g/mol. The van der Waals surface area contributed by atoms with Crippen molar-refractivity contribution in [3.05, 3.63) is 77.4 Å². The second-order valence-electron chi connectivity index (χ2n) is 8.43. The number of hydrazine groups is 1. The molecule has 0 atom stereocenters. The van der Waals surface area contributed by atoms with Gasteiger partial charge in [-0.15, -0.1) is 0 Å². The van der Waals surface area contributed by atoms with E-state index in [4.69, 9.17) is 17.4 Å². The van der Waals surface area contributed by atoms with Crippen molar-refractivity contribution in [1.82, 2.24) is 42.2 Å². The summed E-state index contributed by atoms with van der Waals surface area (Å²) in [6, 6.07) is 3.85. The van der Waals surface area contributed by atoms with E-state index in [1.807, 2.05) is 24.5 Å². The SMILES string of the molecule is Fc1cnc(Cl)nc1-c1cncc(C2CC2)c1.N.N.NNc1ncc(F)c(-c2cncc(C3CC3)c2)n1. The molecule has 0 aliphatic heterocycles. The van der Waals surface area contributed by atoms with Gasteiger partial charge in [-0.2, -0.15) is 0 Å². The lowest BCUT2D eigenvalue weighted by molar-refractivity contribution is 0.618. The van der Waals surface area contributed by atoms with Crippen LogP contribution in [0.3, 0.4) is 0 Å². The Morgan fingerprint density at radius 3 is 1.70 bits per heavy atom. The van der Waals surface area contributed by atoms with Gasteiger partial charge in [-0.3, -0.25) is 15.4 Å². The van der Waals surface area contributed by atoms with Crippen LogP contribution in [0.1, 0.15) is 48.6 Å². The van der Waals surface area contributed by atoms with Crippen LogP contribution in [0.5, 0.6) is 0 Å². The van der Waals surface area contributed by atoms with Crippen LogP contribution < -0.4 is 23.6 Å². The van der Waals surface area contributed by atoms with Crippen molar-refractivity contribution in [3.63, 3.8) is 0 Å². The fraction of sp³-hybridized carbons (Fsp3) is 0.250. The van der Waals surface area contributed by atoms with Gasteiger partial charge in [0.15, 0.2) is 11.6 Å². The third-order valence-corrected chi connectivity index (χ3v) is 5.93. The average Bonchev–Trinajstić information content (AvgIpc) is 3.79. The lowest BCUT2D eigenvalue weighted by atomic mass is 10.1. The topological polar surface area (TPSA) is 185 Å². The van der Waals surface area contributed by atoms with Crippen LogP contribution in [0.25, 0.3) is 22.5 Å². The molecule has 0 saturated heterocycles. The first-order chi connectivity index (χ1) is 17.0. The second kappa shape index (κ2) is 12.0. The van der Waals surface area contributed by atoms with Gasteiger partial charge in [0.1, 0.15) is 11.4 Å². The number of hydrogen-bond acceptors (Lipinski definition) is 10. The molecule has 2 saturated carbocycles. The summed E-state index contributed by atoms with van der Waals surface area (Å²) >= 11 is 5.67. The van der Waals surface area contributed by atoms with Gasteiger partial charge >= 0.3 is 0 Å². The summed E-state index contributed by atoms with van der Waals surface area (Å²) in [6.07, 6.45) is 13.7. The number of nitrogens with two attached hydrogens (primary N) is 1. The van der Waals surface area contributed by atoms with E-state index in [-0.39, 0.29) is 34.9 Å². The number of halogens is 3. The second-order valence-corrected chi connectivity index (χ2v) is 8.77. The highest BCUT2D eigenvalue weighted by Gasteiger charge is 2.25. The smallest absolute Gasteiger partial charge is 0.237 e. The zero-order valence-corrected chi connectivity index (χ0v) is 20.7. The van der Waals surface area contributed by atoms with Crippen LogP contribution in [-0.2, 0) is 0 Å². The van der Waals surface area contributed by atoms with Gasteiger partial charge in [-0.1, -0.05) is 0 Å². The fourth-order valence-corrected chi connectivity index (χ4v) is 3.77. The molecule has 13 heteroatoms. The standard InChI is InChI=1S/C12H9ClFN3.C12H12FN5.2H3N/c13-12-16-6-10(14)11(17-12)9-3-8(4-15-5-9)7-1-2-7;13-10-6-16-12(18-14)17-11(10)9-3-8(4-15-5-9)7-1-2-7;;/h3-7H,1-2H2;3-7H,1-2,14H2,(H,16,17,18);2*1H3. The summed E-state index contributed by atoms with van der Waals surface area (Å²) < 4.78 is 27.3. The number of nitrogens with one attached hydrogen (secondary N) is 1. The van der Waals surface area contributed by atoms with E-state index in [0.29, 0.717) is 23.0 Å². The molecule has 2 fully saturated rings. The minimum atomic E-state index is -0.483. The molecule has 0 amide bonds. The molecule has 0 unspecified atom stereocenters.